The van der Waals surface area contributed by atoms with Crippen LogP contribution in [0.5, 0.6) is 5.75 Å². The van der Waals surface area contributed by atoms with Gasteiger partial charge in [-0.05, 0) is 61.9 Å². The Hall–Kier alpha value is -2.04. The summed E-state index contributed by atoms with van der Waals surface area (Å²) < 4.78 is 5.61. The second-order valence-corrected chi connectivity index (χ2v) is 8.31. The van der Waals surface area contributed by atoms with Crippen LogP contribution in [-0.4, -0.2) is 17.7 Å². The zero-order valence-corrected chi connectivity index (χ0v) is 18.3. The predicted molar refractivity (Wildman–Crippen MR) is 119 cm³/mol. The highest BCUT2D eigenvalue weighted by Crippen LogP contribution is 2.32. The fourth-order valence-corrected chi connectivity index (χ4v) is 3.99. The molecule has 0 radical (unpaired) electrons. The lowest BCUT2D eigenvalue weighted by Crippen LogP contribution is -2.34. The Bertz CT molecular complexity index is 875. The van der Waals surface area contributed by atoms with Crippen LogP contribution in [0.3, 0.4) is 0 Å². The number of amides is 1. The van der Waals surface area contributed by atoms with E-state index in [2.05, 4.69) is 34.8 Å². The molecule has 1 aliphatic carbocycles. The van der Waals surface area contributed by atoms with Crippen molar-refractivity contribution in [1.29, 1.82) is 0 Å². The largest absolute Gasteiger partial charge is 0.479 e. The molecule has 1 aliphatic rings. The first-order valence-electron chi connectivity index (χ1n) is 10.00. The molecular formula is C23H26Cl2N2O2. The maximum Gasteiger partial charge on any atom is 0.280 e. The van der Waals surface area contributed by atoms with Gasteiger partial charge in [0.25, 0.3) is 5.91 Å². The average molecular weight is 433 g/mol. The molecule has 1 N–H and O–H groups in total. The topological polar surface area (TPSA) is 50.7 Å². The highest BCUT2D eigenvalue weighted by Gasteiger charge is 2.17. The standard InChI is InChI=1S/C23H26Cl2N2O2/c1-15(17-8-10-19(11-9-17)18-6-4-3-5-7-18)26-27-23(28)16(2)29-22-13-12-20(24)14-21(22)25/h8-14,16,18H,3-7H2,1-2H3,(H,27,28)/b26-15+. The van der Waals surface area contributed by atoms with Crippen molar-refractivity contribution in [2.75, 3.05) is 0 Å². The van der Waals surface area contributed by atoms with Gasteiger partial charge in [-0.25, -0.2) is 5.43 Å². The van der Waals surface area contributed by atoms with E-state index in [4.69, 9.17) is 27.9 Å². The molecule has 0 spiro atoms. The van der Waals surface area contributed by atoms with Crippen LogP contribution in [0.2, 0.25) is 10.0 Å². The van der Waals surface area contributed by atoms with Gasteiger partial charge in [0, 0.05) is 5.02 Å². The van der Waals surface area contributed by atoms with Gasteiger partial charge < -0.3 is 4.74 Å². The molecule has 29 heavy (non-hydrogen) atoms. The molecule has 4 nitrogen and oxygen atoms in total. The van der Waals surface area contributed by atoms with E-state index < -0.39 is 6.10 Å². The first-order valence-corrected chi connectivity index (χ1v) is 10.8. The number of nitrogens with zero attached hydrogens (tertiary/aromatic N) is 1. The molecule has 6 heteroatoms. The van der Waals surface area contributed by atoms with E-state index in [1.807, 2.05) is 6.92 Å². The number of hydrogen-bond acceptors (Lipinski definition) is 3. The van der Waals surface area contributed by atoms with Crippen LogP contribution < -0.4 is 10.2 Å². The fourth-order valence-electron chi connectivity index (χ4n) is 3.54. The molecule has 154 valence electrons. The van der Waals surface area contributed by atoms with Crippen LogP contribution in [0.25, 0.3) is 0 Å². The number of hydrazone groups is 1. The molecule has 2 aromatic carbocycles. The van der Waals surface area contributed by atoms with E-state index in [0.717, 1.165) is 11.3 Å². The lowest BCUT2D eigenvalue weighted by Gasteiger charge is -2.22. The molecule has 0 aliphatic heterocycles. The molecule has 1 fully saturated rings. The molecule has 0 saturated heterocycles. The predicted octanol–water partition coefficient (Wildman–Crippen LogP) is 6.35. The number of benzene rings is 2. The highest BCUT2D eigenvalue weighted by molar-refractivity contribution is 6.35. The smallest absolute Gasteiger partial charge is 0.280 e. The molecule has 0 aromatic heterocycles. The zero-order chi connectivity index (χ0) is 20.8. The van der Waals surface area contributed by atoms with Gasteiger partial charge in [-0.3, -0.25) is 4.79 Å². The number of hydrogen-bond donors (Lipinski definition) is 1. The van der Waals surface area contributed by atoms with Crippen molar-refractivity contribution in [3.05, 3.63) is 63.6 Å². The van der Waals surface area contributed by atoms with E-state index in [1.54, 1.807) is 25.1 Å². The van der Waals surface area contributed by atoms with Crippen molar-refractivity contribution in [2.45, 2.75) is 58.0 Å². The highest BCUT2D eigenvalue weighted by atomic mass is 35.5. The third-order valence-corrected chi connectivity index (χ3v) is 5.84. The Balaban J connectivity index is 1.57. The van der Waals surface area contributed by atoms with Crippen LogP contribution in [0.4, 0.5) is 0 Å². The second-order valence-electron chi connectivity index (χ2n) is 7.47. The van der Waals surface area contributed by atoms with Gasteiger partial charge in [0.1, 0.15) is 5.75 Å². The van der Waals surface area contributed by atoms with Gasteiger partial charge in [0.05, 0.1) is 10.7 Å². The zero-order valence-electron chi connectivity index (χ0n) is 16.8. The number of nitrogens with one attached hydrogen (secondary N) is 1. The summed E-state index contributed by atoms with van der Waals surface area (Å²) >= 11 is 12.0. The van der Waals surface area contributed by atoms with Gasteiger partial charge in [-0.15, -0.1) is 0 Å². The summed E-state index contributed by atoms with van der Waals surface area (Å²) in [5.74, 6) is 0.722. The normalized spacial score (nSPS) is 16.3. The number of carbonyl (C=O) groups is 1. The Morgan fingerprint density at radius 2 is 1.79 bits per heavy atom. The summed E-state index contributed by atoms with van der Waals surface area (Å²) in [6.07, 6.45) is 5.79. The quantitative estimate of drug-likeness (QED) is 0.426. The number of rotatable bonds is 6. The van der Waals surface area contributed by atoms with E-state index in [-0.39, 0.29) is 5.91 Å². The van der Waals surface area contributed by atoms with Crippen molar-refractivity contribution in [1.82, 2.24) is 5.43 Å². The van der Waals surface area contributed by atoms with Gasteiger partial charge in [0.2, 0.25) is 0 Å². The molecule has 1 saturated carbocycles. The average Bonchev–Trinajstić information content (AvgIpc) is 2.74. The SMILES string of the molecule is C/C(=N\NC(=O)C(C)Oc1ccc(Cl)cc1Cl)c1ccc(C2CCCCC2)cc1. The van der Waals surface area contributed by atoms with Crippen molar-refractivity contribution in [2.24, 2.45) is 5.10 Å². The van der Waals surface area contributed by atoms with E-state index in [0.29, 0.717) is 21.7 Å². The van der Waals surface area contributed by atoms with Crippen molar-refractivity contribution in [3.8, 4) is 5.75 Å². The maximum atomic E-state index is 12.3. The molecule has 3 rings (SSSR count). The van der Waals surface area contributed by atoms with Gasteiger partial charge in [-0.1, -0.05) is 66.7 Å². The second kappa shape index (κ2) is 10.1. The fraction of sp³-hybridized carbons (Fsp3) is 0.391. The third kappa shape index (κ3) is 5.97. The van der Waals surface area contributed by atoms with E-state index in [1.165, 1.54) is 37.7 Å². The molecule has 1 unspecified atom stereocenters. The van der Waals surface area contributed by atoms with Gasteiger partial charge >= 0.3 is 0 Å². The molecule has 1 amide bonds. The molecule has 0 heterocycles. The minimum Gasteiger partial charge on any atom is -0.479 e. The lowest BCUT2D eigenvalue weighted by atomic mass is 9.84. The Morgan fingerprint density at radius 3 is 2.45 bits per heavy atom. The van der Waals surface area contributed by atoms with Crippen molar-refractivity contribution >= 4 is 34.8 Å². The van der Waals surface area contributed by atoms with Crippen LogP contribution in [0.15, 0.2) is 47.6 Å². The first-order chi connectivity index (χ1) is 13.9. The maximum absolute atomic E-state index is 12.3. The van der Waals surface area contributed by atoms with Crippen LogP contribution >= 0.6 is 23.2 Å². The summed E-state index contributed by atoms with van der Waals surface area (Å²) in [5, 5.41) is 5.08. The van der Waals surface area contributed by atoms with Crippen molar-refractivity contribution < 1.29 is 9.53 Å². The molecule has 0 bridgehead atoms. The van der Waals surface area contributed by atoms with Crippen LogP contribution in [-0.2, 0) is 4.79 Å². The number of halogens is 2. The molecule has 2 aromatic rings. The Morgan fingerprint density at radius 1 is 1.10 bits per heavy atom. The summed E-state index contributed by atoms with van der Waals surface area (Å²) in [4.78, 5) is 12.3. The van der Waals surface area contributed by atoms with E-state index >= 15 is 0 Å². The Labute approximate surface area is 182 Å². The molecule has 1 atom stereocenters. The first kappa shape index (κ1) is 21.7. The lowest BCUT2D eigenvalue weighted by molar-refractivity contribution is -0.127. The third-order valence-electron chi connectivity index (χ3n) is 5.31. The molecular weight excluding hydrogens is 407 g/mol. The van der Waals surface area contributed by atoms with Crippen LogP contribution in [0, 0.1) is 0 Å². The summed E-state index contributed by atoms with van der Waals surface area (Å²) in [5.41, 5.74) is 5.69. The minimum absolute atomic E-state index is 0.353. The summed E-state index contributed by atoms with van der Waals surface area (Å²) in [6.45, 7) is 3.52. The van der Waals surface area contributed by atoms with E-state index in [9.17, 15) is 4.79 Å². The van der Waals surface area contributed by atoms with Crippen molar-refractivity contribution in [3.63, 3.8) is 0 Å². The summed E-state index contributed by atoms with van der Waals surface area (Å²) in [6, 6.07) is 13.4. The van der Waals surface area contributed by atoms with Crippen LogP contribution in [0.1, 0.15) is 63.0 Å². The monoisotopic (exact) mass is 432 g/mol. The number of ether oxygens (including phenoxy) is 1. The Kier molecular flexibility index (Phi) is 7.57. The van der Waals surface area contributed by atoms with Gasteiger partial charge in [-0.2, -0.15) is 5.10 Å². The number of carbonyl (C=O) groups excluding carboxylic acids is 1. The van der Waals surface area contributed by atoms with Gasteiger partial charge in [0.15, 0.2) is 6.10 Å². The summed E-state index contributed by atoms with van der Waals surface area (Å²) in [7, 11) is 0. The minimum atomic E-state index is -0.751.